The van der Waals surface area contributed by atoms with Gasteiger partial charge in [-0.2, -0.15) is 0 Å². The molecule has 0 spiro atoms. The number of carbonyl (C=O) groups is 1. The quantitative estimate of drug-likeness (QED) is 0.805. The Bertz CT molecular complexity index is 427. The fourth-order valence-electron chi connectivity index (χ4n) is 1.99. The molecule has 20 heavy (non-hydrogen) atoms. The third-order valence-electron chi connectivity index (χ3n) is 3.45. The van der Waals surface area contributed by atoms with Gasteiger partial charge < -0.3 is 15.8 Å². The van der Waals surface area contributed by atoms with Crippen LogP contribution in [-0.4, -0.2) is 26.2 Å². The van der Waals surface area contributed by atoms with E-state index in [1.54, 1.807) is 7.11 Å². The molecule has 0 aromatic heterocycles. The van der Waals surface area contributed by atoms with Gasteiger partial charge in [0.25, 0.3) is 0 Å². The van der Waals surface area contributed by atoms with Gasteiger partial charge in [0.05, 0.1) is 0 Å². The lowest BCUT2D eigenvalue weighted by Crippen LogP contribution is -2.28. The monoisotopic (exact) mass is 278 g/mol. The zero-order chi connectivity index (χ0) is 15.2. The number of nitrogens with one attached hydrogen (secondary N) is 1. The van der Waals surface area contributed by atoms with Gasteiger partial charge in [0.1, 0.15) is 0 Å². The third-order valence-corrected chi connectivity index (χ3v) is 3.45. The standard InChI is InChI=1S/C16H26N2O2/c1-12(10-20-4)9-15(19)18-14-7-5-13(6-8-14)16(2,3)11-17/h5-8,12H,9-11,17H2,1-4H3,(H,18,19). The average Bonchev–Trinajstić information content (AvgIpc) is 2.39. The fraction of sp³-hybridized carbons (Fsp3) is 0.562. The highest BCUT2D eigenvalue weighted by atomic mass is 16.5. The molecule has 1 atom stereocenters. The summed E-state index contributed by atoms with van der Waals surface area (Å²) < 4.78 is 5.03. The molecule has 1 aromatic rings. The topological polar surface area (TPSA) is 64.3 Å². The summed E-state index contributed by atoms with van der Waals surface area (Å²) in [7, 11) is 1.65. The smallest absolute Gasteiger partial charge is 0.224 e. The summed E-state index contributed by atoms with van der Waals surface area (Å²) in [5.41, 5.74) is 7.70. The van der Waals surface area contributed by atoms with Crippen LogP contribution < -0.4 is 11.1 Å². The molecule has 112 valence electrons. The molecule has 0 fully saturated rings. The van der Waals surface area contributed by atoms with Gasteiger partial charge in [-0.25, -0.2) is 0 Å². The maximum atomic E-state index is 11.8. The maximum absolute atomic E-state index is 11.8. The van der Waals surface area contributed by atoms with Crippen molar-refractivity contribution in [2.45, 2.75) is 32.6 Å². The van der Waals surface area contributed by atoms with Crippen molar-refractivity contribution in [2.24, 2.45) is 11.7 Å². The number of anilines is 1. The SMILES string of the molecule is COCC(C)CC(=O)Nc1ccc(C(C)(C)CN)cc1. The molecular weight excluding hydrogens is 252 g/mol. The molecule has 0 aliphatic heterocycles. The summed E-state index contributed by atoms with van der Waals surface area (Å²) in [6.07, 6.45) is 0.462. The van der Waals surface area contributed by atoms with Gasteiger partial charge >= 0.3 is 0 Å². The van der Waals surface area contributed by atoms with Crippen LogP contribution >= 0.6 is 0 Å². The van der Waals surface area contributed by atoms with Crippen molar-refractivity contribution in [3.63, 3.8) is 0 Å². The van der Waals surface area contributed by atoms with Gasteiger partial charge in [-0.05, 0) is 23.6 Å². The number of hydrogen-bond acceptors (Lipinski definition) is 3. The van der Waals surface area contributed by atoms with E-state index >= 15 is 0 Å². The highest BCUT2D eigenvalue weighted by Gasteiger charge is 2.18. The Morgan fingerprint density at radius 1 is 1.35 bits per heavy atom. The van der Waals surface area contributed by atoms with E-state index < -0.39 is 0 Å². The van der Waals surface area contributed by atoms with Crippen molar-refractivity contribution in [1.29, 1.82) is 0 Å². The first kappa shape index (κ1) is 16.7. The Morgan fingerprint density at radius 2 is 1.95 bits per heavy atom. The first-order chi connectivity index (χ1) is 9.39. The zero-order valence-electron chi connectivity index (χ0n) is 12.9. The second-order valence-corrected chi connectivity index (χ2v) is 5.98. The number of rotatable bonds is 7. The molecule has 0 heterocycles. The molecule has 0 radical (unpaired) electrons. The number of carbonyl (C=O) groups excluding carboxylic acids is 1. The second-order valence-electron chi connectivity index (χ2n) is 5.98. The van der Waals surface area contributed by atoms with Gasteiger partial charge in [-0.1, -0.05) is 32.9 Å². The summed E-state index contributed by atoms with van der Waals surface area (Å²) in [6.45, 7) is 7.39. The summed E-state index contributed by atoms with van der Waals surface area (Å²) in [5, 5.41) is 2.90. The Balaban J connectivity index is 2.59. The molecule has 0 bridgehead atoms. The normalized spacial score (nSPS) is 13.1. The molecule has 0 saturated carbocycles. The Morgan fingerprint density at radius 3 is 2.45 bits per heavy atom. The summed E-state index contributed by atoms with van der Waals surface area (Å²) in [4.78, 5) is 11.8. The van der Waals surface area contributed by atoms with Gasteiger partial charge in [-0.3, -0.25) is 4.79 Å². The van der Waals surface area contributed by atoms with Crippen molar-refractivity contribution >= 4 is 11.6 Å². The van der Waals surface area contributed by atoms with Crippen LogP contribution in [0.2, 0.25) is 0 Å². The Labute approximate surface area is 121 Å². The summed E-state index contributed by atoms with van der Waals surface area (Å²) in [6, 6.07) is 7.87. The van der Waals surface area contributed by atoms with Crippen LogP contribution in [0.25, 0.3) is 0 Å². The highest BCUT2D eigenvalue weighted by Crippen LogP contribution is 2.23. The van der Waals surface area contributed by atoms with Crippen LogP contribution in [0.1, 0.15) is 32.8 Å². The predicted molar refractivity (Wildman–Crippen MR) is 82.8 cm³/mol. The van der Waals surface area contributed by atoms with Gasteiger partial charge in [0.2, 0.25) is 5.91 Å². The van der Waals surface area contributed by atoms with E-state index in [-0.39, 0.29) is 17.2 Å². The van der Waals surface area contributed by atoms with Crippen molar-refractivity contribution in [2.75, 3.05) is 25.6 Å². The van der Waals surface area contributed by atoms with Crippen molar-refractivity contribution in [3.8, 4) is 0 Å². The van der Waals surface area contributed by atoms with E-state index in [0.717, 1.165) is 5.69 Å². The number of ether oxygens (including phenoxy) is 1. The lowest BCUT2D eigenvalue weighted by Gasteiger charge is -2.23. The lowest BCUT2D eigenvalue weighted by molar-refractivity contribution is -0.117. The molecule has 1 aromatic carbocycles. The van der Waals surface area contributed by atoms with Crippen molar-refractivity contribution in [1.82, 2.24) is 0 Å². The van der Waals surface area contributed by atoms with E-state index in [2.05, 4.69) is 19.2 Å². The molecule has 1 rings (SSSR count). The molecule has 1 amide bonds. The van der Waals surface area contributed by atoms with Crippen molar-refractivity contribution < 1.29 is 9.53 Å². The van der Waals surface area contributed by atoms with Gasteiger partial charge in [0.15, 0.2) is 0 Å². The Kier molecular flexibility index (Phi) is 6.17. The number of methoxy groups -OCH3 is 1. The largest absolute Gasteiger partial charge is 0.384 e. The fourth-order valence-corrected chi connectivity index (χ4v) is 1.99. The molecule has 1 unspecified atom stereocenters. The van der Waals surface area contributed by atoms with E-state index in [1.165, 1.54) is 5.56 Å². The molecule has 4 heteroatoms. The van der Waals surface area contributed by atoms with Crippen LogP contribution in [0.15, 0.2) is 24.3 Å². The number of benzene rings is 1. The number of nitrogens with two attached hydrogens (primary N) is 1. The molecule has 3 N–H and O–H groups in total. The molecule has 0 aliphatic carbocycles. The zero-order valence-corrected chi connectivity index (χ0v) is 12.9. The number of amides is 1. The van der Waals surface area contributed by atoms with Crippen LogP contribution in [-0.2, 0) is 14.9 Å². The minimum absolute atomic E-state index is 0.0142. The van der Waals surface area contributed by atoms with Crippen LogP contribution in [0, 0.1) is 5.92 Å². The summed E-state index contributed by atoms with van der Waals surface area (Å²) >= 11 is 0. The molecular formula is C16H26N2O2. The number of hydrogen-bond donors (Lipinski definition) is 2. The average molecular weight is 278 g/mol. The van der Waals surface area contributed by atoms with Gasteiger partial charge in [0, 0.05) is 37.8 Å². The van der Waals surface area contributed by atoms with Crippen LogP contribution in [0.5, 0.6) is 0 Å². The third kappa shape index (κ3) is 4.94. The molecule has 0 aliphatic rings. The van der Waals surface area contributed by atoms with E-state index in [9.17, 15) is 4.79 Å². The van der Waals surface area contributed by atoms with Gasteiger partial charge in [-0.15, -0.1) is 0 Å². The van der Waals surface area contributed by atoms with Crippen LogP contribution in [0.4, 0.5) is 5.69 Å². The Hall–Kier alpha value is -1.39. The lowest BCUT2D eigenvalue weighted by atomic mass is 9.85. The minimum Gasteiger partial charge on any atom is -0.384 e. The first-order valence-corrected chi connectivity index (χ1v) is 6.98. The van der Waals surface area contributed by atoms with Crippen molar-refractivity contribution in [3.05, 3.63) is 29.8 Å². The maximum Gasteiger partial charge on any atom is 0.224 e. The van der Waals surface area contributed by atoms with E-state index in [1.807, 2.05) is 31.2 Å². The van der Waals surface area contributed by atoms with E-state index in [4.69, 9.17) is 10.5 Å². The highest BCUT2D eigenvalue weighted by molar-refractivity contribution is 5.90. The van der Waals surface area contributed by atoms with Crippen LogP contribution in [0.3, 0.4) is 0 Å². The second kappa shape index (κ2) is 7.41. The van der Waals surface area contributed by atoms with E-state index in [0.29, 0.717) is 19.6 Å². The molecule has 4 nitrogen and oxygen atoms in total. The molecule has 0 saturated heterocycles. The summed E-state index contributed by atoms with van der Waals surface area (Å²) in [5.74, 6) is 0.232. The first-order valence-electron chi connectivity index (χ1n) is 6.98. The minimum atomic E-state index is -0.0461. The predicted octanol–water partition coefficient (Wildman–Crippen LogP) is 2.53.